The Balaban J connectivity index is 1.56. The molecular formula is C34H30BrN3O6S. The zero-order chi connectivity index (χ0) is 32.2. The summed E-state index contributed by atoms with van der Waals surface area (Å²) in [7, 11) is 3.11. The van der Waals surface area contributed by atoms with Crippen LogP contribution >= 0.6 is 27.3 Å². The van der Waals surface area contributed by atoms with E-state index in [1.807, 2.05) is 36.4 Å². The number of thiazole rings is 1. The molecule has 0 N–H and O–H groups in total. The van der Waals surface area contributed by atoms with E-state index in [0.29, 0.717) is 59.0 Å². The maximum atomic E-state index is 14.1. The van der Waals surface area contributed by atoms with Gasteiger partial charge in [0.25, 0.3) is 5.56 Å². The number of nitriles is 1. The number of allylic oxidation sites excluding steroid dienone is 1. The number of carbonyl (C=O) groups is 1. The molecule has 0 saturated heterocycles. The summed E-state index contributed by atoms with van der Waals surface area (Å²) in [5, 5.41) is 9.04. The number of rotatable bonds is 9. The van der Waals surface area contributed by atoms with Crippen LogP contribution in [-0.2, 0) is 16.1 Å². The first-order valence-corrected chi connectivity index (χ1v) is 15.6. The van der Waals surface area contributed by atoms with E-state index in [0.717, 1.165) is 5.56 Å². The van der Waals surface area contributed by atoms with Crippen molar-refractivity contribution in [3.05, 3.63) is 118 Å². The monoisotopic (exact) mass is 687 g/mol. The minimum Gasteiger partial charge on any atom is -0.497 e. The molecule has 11 heteroatoms. The van der Waals surface area contributed by atoms with E-state index >= 15 is 0 Å². The topological polar surface area (TPSA) is 112 Å². The Hall–Kier alpha value is -4.66. The Morgan fingerprint density at radius 3 is 2.56 bits per heavy atom. The van der Waals surface area contributed by atoms with Crippen LogP contribution in [0.2, 0.25) is 0 Å². The number of esters is 1. The molecule has 5 rings (SSSR count). The van der Waals surface area contributed by atoms with E-state index in [1.165, 1.54) is 15.9 Å². The Morgan fingerprint density at radius 1 is 1.13 bits per heavy atom. The van der Waals surface area contributed by atoms with E-state index in [1.54, 1.807) is 65.3 Å². The largest absolute Gasteiger partial charge is 0.497 e. The molecule has 0 fully saturated rings. The molecule has 2 heterocycles. The van der Waals surface area contributed by atoms with Crippen molar-refractivity contribution in [2.24, 2.45) is 4.99 Å². The minimum atomic E-state index is -0.760. The maximum absolute atomic E-state index is 14.1. The number of aromatic nitrogens is 1. The van der Waals surface area contributed by atoms with Gasteiger partial charge in [0.05, 0.1) is 58.3 Å². The summed E-state index contributed by atoms with van der Waals surface area (Å²) in [5.74, 6) is 1.04. The van der Waals surface area contributed by atoms with Crippen molar-refractivity contribution in [1.82, 2.24) is 4.57 Å². The molecule has 0 saturated carbocycles. The number of hydrogen-bond donors (Lipinski definition) is 0. The number of carbonyl (C=O) groups excluding carboxylic acids is 1. The van der Waals surface area contributed by atoms with E-state index in [-0.39, 0.29) is 18.3 Å². The molecule has 0 bridgehead atoms. The van der Waals surface area contributed by atoms with Gasteiger partial charge in [-0.25, -0.2) is 9.79 Å². The Kier molecular flexibility index (Phi) is 9.56. The molecule has 1 aromatic heterocycles. The summed E-state index contributed by atoms with van der Waals surface area (Å²) in [6.45, 7) is 5.57. The van der Waals surface area contributed by atoms with Gasteiger partial charge in [0, 0.05) is 0 Å². The lowest BCUT2D eigenvalue weighted by Gasteiger charge is -2.25. The number of methoxy groups -OCH3 is 2. The predicted molar refractivity (Wildman–Crippen MR) is 174 cm³/mol. The number of hydrogen-bond acceptors (Lipinski definition) is 9. The van der Waals surface area contributed by atoms with Gasteiger partial charge in [-0.1, -0.05) is 35.6 Å². The third kappa shape index (κ3) is 6.72. The fourth-order valence-electron chi connectivity index (χ4n) is 4.93. The summed E-state index contributed by atoms with van der Waals surface area (Å²) >= 11 is 4.82. The first kappa shape index (κ1) is 31.8. The number of halogens is 1. The van der Waals surface area contributed by atoms with Crippen LogP contribution in [0.1, 0.15) is 49.1 Å². The Morgan fingerprint density at radius 2 is 1.89 bits per heavy atom. The molecule has 0 radical (unpaired) electrons. The molecule has 9 nitrogen and oxygen atoms in total. The average Bonchev–Trinajstić information content (AvgIpc) is 3.32. The lowest BCUT2D eigenvalue weighted by molar-refractivity contribution is -0.143. The zero-order valence-corrected chi connectivity index (χ0v) is 27.7. The molecule has 45 heavy (non-hydrogen) atoms. The van der Waals surface area contributed by atoms with Gasteiger partial charge in [-0.05, 0) is 95.9 Å². The fourth-order valence-corrected chi connectivity index (χ4v) is 6.55. The van der Waals surface area contributed by atoms with Gasteiger partial charge in [0.2, 0.25) is 0 Å². The average molecular weight is 689 g/mol. The smallest absolute Gasteiger partial charge is 0.338 e. The van der Waals surface area contributed by atoms with Crippen LogP contribution in [0.5, 0.6) is 17.2 Å². The highest BCUT2D eigenvalue weighted by atomic mass is 79.9. The van der Waals surface area contributed by atoms with Gasteiger partial charge in [0.15, 0.2) is 16.3 Å². The Labute approximate surface area is 272 Å². The van der Waals surface area contributed by atoms with Crippen molar-refractivity contribution in [1.29, 1.82) is 5.26 Å². The summed E-state index contributed by atoms with van der Waals surface area (Å²) in [5.41, 5.74) is 3.33. The van der Waals surface area contributed by atoms with Crippen LogP contribution in [-0.4, -0.2) is 30.9 Å². The van der Waals surface area contributed by atoms with Crippen LogP contribution in [0, 0.1) is 11.3 Å². The number of nitrogens with zero attached hydrogens (tertiary/aromatic N) is 3. The first-order valence-electron chi connectivity index (χ1n) is 14.0. The summed E-state index contributed by atoms with van der Waals surface area (Å²) < 4.78 is 25.3. The lowest BCUT2D eigenvalue weighted by Crippen LogP contribution is -2.40. The normalized spacial score (nSPS) is 14.4. The van der Waals surface area contributed by atoms with Crippen molar-refractivity contribution < 1.29 is 23.7 Å². The van der Waals surface area contributed by atoms with Crippen LogP contribution in [0.25, 0.3) is 6.08 Å². The Bertz CT molecular complexity index is 2020. The van der Waals surface area contributed by atoms with Crippen LogP contribution in [0.15, 0.2) is 86.2 Å². The van der Waals surface area contributed by atoms with Gasteiger partial charge in [-0.15, -0.1) is 0 Å². The zero-order valence-electron chi connectivity index (χ0n) is 25.3. The molecular weight excluding hydrogens is 658 g/mol. The number of fused-ring (bicyclic) bond motifs is 1. The lowest BCUT2D eigenvalue weighted by atomic mass is 9.95. The molecule has 0 unspecified atom stereocenters. The summed E-state index contributed by atoms with van der Waals surface area (Å²) in [6, 6.07) is 19.4. The van der Waals surface area contributed by atoms with Crippen molar-refractivity contribution in [3.63, 3.8) is 0 Å². The first-order chi connectivity index (χ1) is 21.6. The second kappa shape index (κ2) is 13.5. The molecule has 0 aliphatic carbocycles. The molecule has 230 valence electrons. The highest BCUT2D eigenvalue weighted by Gasteiger charge is 2.34. The van der Waals surface area contributed by atoms with E-state index in [4.69, 9.17) is 24.2 Å². The van der Waals surface area contributed by atoms with Gasteiger partial charge in [-0.3, -0.25) is 9.36 Å². The van der Waals surface area contributed by atoms with E-state index in [2.05, 4.69) is 27.0 Å². The van der Waals surface area contributed by atoms with Crippen molar-refractivity contribution in [3.8, 4) is 23.3 Å². The second-order valence-corrected chi connectivity index (χ2v) is 12.3. The number of ether oxygens (including phenoxy) is 4. The van der Waals surface area contributed by atoms with Crippen molar-refractivity contribution in [2.45, 2.75) is 39.5 Å². The third-order valence-corrected chi connectivity index (χ3v) is 8.58. The summed E-state index contributed by atoms with van der Waals surface area (Å²) in [6.07, 6.45) is 1.41. The fraction of sp³-hybridized carbons (Fsp3) is 0.235. The minimum absolute atomic E-state index is 0.268. The van der Waals surface area contributed by atoms with Crippen molar-refractivity contribution in [2.75, 3.05) is 14.2 Å². The van der Waals surface area contributed by atoms with Crippen LogP contribution in [0.3, 0.4) is 0 Å². The molecule has 3 aromatic carbocycles. The number of benzene rings is 3. The predicted octanol–water partition coefficient (Wildman–Crippen LogP) is 5.42. The van der Waals surface area contributed by atoms with Crippen LogP contribution < -0.4 is 29.1 Å². The van der Waals surface area contributed by atoms with Crippen molar-refractivity contribution >= 4 is 39.3 Å². The molecule has 1 aliphatic heterocycles. The second-order valence-electron chi connectivity index (χ2n) is 10.4. The molecule has 0 spiro atoms. The highest BCUT2D eigenvalue weighted by Crippen LogP contribution is 2.38. The molecule has 4 aromatic rings. The third-order valence-electron chi connectivity index (χ3n) is 7.01. The van der Waals surface area contributed by atoms with Gasteiger partial charge in [0.1, 0.15) is 12.4 Å². The molecule has 1 aliphatic rings. The van der Waals surface area contributed by atoms with Gasteiger partial charge < -0.3 is 18.9 Å². The standard InChI is InChI=1S/C34H30BrN3O6S/c1-19(2)44-33(40)29-20(3)37-34-38(30(29)24-7-6-8-25(16-24)41-4)32(39)28(45-34)15-23-13-26(35)31(27(14-23)42-5)43-18-22-11-9-21(17-36)10-12-22/h6-16,19,30H,18H2,1-5H3/b28-15-/t30-/m0/s1. The van der Waals surface area contributed by atoms with E-state index in [9.17, 15) is 9.59 Å². The highest BCUT2D eigenvalue weighted by molar-refractivity contribution is 9.10. The molecule has 1 atom stereocenters. The maximum Gasteiger partial charge on any atom is 0.338 e. The quantitative estimate of drug-likeness (QED) is 0.216. The molecule has 0 amide bonds. The SMILES string of the molecule is COc1cccc([C@H]2C(C(=O)OC(C)C)=C(C)N=c3s/c(=C\c4cc(Br)c(OCc5ccc(C#N)cc5)c(OC)c4)c(=O)n32)c1. The van der Waals surface area contributed by atoms with E-state index < -0.39 is 12.0 Å². The summed E-state index contributed by atoms with van der Waals surface area (Å²) in [4.78, 5) is 32.5. The van der Waals surface area contributed by atoms with Crippen LogP contribution in [0.4, 0.5) is 0 Å². The van der Waals surface area contributed by atoms with Gasteiger partial charge >= 0.3 is 5.97 Å². The van der Waals surface area contributed by atoms with Gasteiger partial charge in [-0.2, -0.15) is 5.26 Å².